The third-order valence-corrected chi connectivity index (χ3v) is 4.74. The lowest BCUT2D eigenvalue weighted by molar-refractivity contribution is 0.0688. The number of methoxy groups -OCH3 is 1. The van der Waals surface area contributed by atoms with Gasteiger partial charge in [0, 0.05) is 26.2 Å². The second-order valence-corrected chi connectivity index (χ2v) is 6.26. The van der Waals surface area contributed by atoms with Crippen molar-refractivity contribution < 1.29 is 14.6 Å². The van der Waals surface area contributed by atoms with Gasteiger partial charge in [0.05, 0.1) is 18.5 Å². The zero-order valence-electron chi connectivity index (χ0n) is 14.9. The topological polar surface area (TPSA) is 109 Å². The van der Waals surface area contributed by atoms with Gasteiger partial charge in [-0.1, -0.05) is 12.1 Å². The van der Waals surface area contributed by atoms with E-state index in [1.807, 2.05) is 29.2 Å². The number of carboxylic acid groups (broad SMARTS) is 1. The van der Waals surface area contributed by atoms with Crippen molar-refractivity contribution in [1.29, 1.82) is 0 Å². The lowest BCUT2D eigenvalue weighted by Gasteiger charge is -2.38. The summed E-state index contributed by atoms with van der Waals surface area (Å²) in [5, 5.41) is 13.7. The summed E-state index contributed by atoms with van der Waals surface area (Å²) in [5.74, 6) is -0.181. The number of fused-ring (bicyclic) bond motifs is 1. The number of aromatic nitrogens is 3. The molecule has 0 unspecified atom stereocenters. The van der Waals surface area contributed by atoms with Crippen molar-refractivity contribution in [3.63, 3.8) is 0 Å². The molecule has 140 valence electrons. The summed E-state index contributed by atoms with van der Waals surface area (Å²) in [6.45, 7) is 2.84. The summed E-state index contributed by atoms with van der Waals surface area (Å²) < 4.78 is 6.74. The minimum Gasteiger partial charge on any atom is -0.495 e. The highest BCUT2D eigenvalue weighted by atomic mass is 16.5. The second kappa shape index (κ2) is 6.67. The van der Waals surface area contributed by atoms with Crippen molar-refractivity contribution in [2.24, 2.45) is 0 Å². The van der Waals surface area contributed by atoms with E-state index in [0.717, 1.165) is 24.5 Å². The van der Waals surface area contributed by atoms with Crippen molar-refractivity contribution in [2.75, 3.05) is 48.8 Å². The van der Waals surface area contributed by atoms with E-state index < -0.39 is 5.97 Å². The van der Waals surface area contributed by atoms with Crippen LogP contribution in [-0.4, -0.2) is 59.0 Å². The molecule has 0 bridgehead atoms. The molecule has 0 atom stereocenters. The van der Waals surface area contributed by atoms with E-state index in [2.05, 4.69) is 15.0 Å². The van der Waals surface area contributed by atoms with E-state index in [0.29, 0.717) is 24.4 Å². The Balaban J connectivity index is 1.61. The Morgan fingerprint density at radius 1 is 1.07 bits per heavy atom. The van der Waals surface area contributed by atoms with Crippen LogP contribution in [0.15, 0.2) is 36.4 Å². The summed E-state index contributed by atoms with van der Waals surface area (Å²) in [4.78, 5) is 20.2. The van der Waals surface area contributed by atoms with Crippen LogP contribution in [0.3, 0.4) is 0 Å². The quantitative estimate of drug-likeness (QED) is 0.710. The fourth-order valence-corrected chi connectivity index (χ4v) is 3.49. The van der Waals surface area contributed by atoms with Gasteiger partial charge in [0.25, 0.3) is 0 Å². The number of nitrogens with two attached hydrogens (primary N) is 1. The van der Waals surface area contributed by atoms with Crippen LogP contribution in [0.2, 0.25) is 0 Å². The van der Waals surface area contributed by atoms with Gasteiger partial charge >= 0.3 is 5.97 Å². The van der Waals surface area contributed by atoms with Gasteiger partial charge < -0.3 is 25.4 Å². The van der Waals surface area contributed by atoms with Crippen LogP contribution in [-0.2, 0) is 0 Å². The summed E-state index contributed by atoms with van der Waals surface area (Å²) in [7, 11) is 1.66. The molecule has 9 nitrogen and oxygen atoms in total. The van der Waals surface area contributed by atoms with Gasteiger partial charge in [0.15, 0.2) is 11.3 Å². The van der Waals surface area contributed by atoms with E-state index in [-0.39, 0.29) is 11.6 Å². The molecule has 1 aliphatic rings. The van der Waals surface area contributed by atoms with Crippen LogP contribution < -0.4 is 20.3 Å². The van der Waals surface area contributed by atoms with Gasteiger partial charge in [0.2, 0.25) is 5.95 Å². The molecular formula is C18H20N6O3. The molecule has 9 heteroatoms. The zero-order valence-corrected chi connectivity index (χ0v) is 14.9. The monoisotopic (exact) mass is 368 g/mol. The summed E-state index contributed by atoms with van der Waals surface area (Å²) >= 11 is 0. The van der Waals surface area contributed by atoms with Crippen LogP contribution >= 0.6 is 0 Å². The number of aromatic carboxylic acids is 1. The Hall–Kier alpha value is -3.49. The van der Waals surface area contributed by atoms with Gasteiger partial charge in [-0.2, -0.15) is 4.98 Å². The van der Waals surface area contributed by atoms with Gasteiger partial charge in [-0.25, -0.2) is 9.31 Å². The maximum absolute atomic E-state index is 11.9. The average Bonchev–Trinajstić information content (AvgIpc) is 3.07. The van der Waals surface area contributed by atoms with Crippen molar-refractivity contribution in [3.05, 3.63) is 42.1 Å². The van der Waals surface area contributed by atoms with Gasteiger partial charge in [-0.3, -0.25) is 0 Å². The molecule has 4 rings (SSSR count). The summed E-state index contributed by atoms with van der Waals surface area (Å²) in [5.41, 5.74) is 7.77. The fraction of sp³-hybridized carbons (Fsp3) is 0.278. The van der Waals surface area contributed by atoms with Crippen LogP contribution in [0, 0.1) is 0 Å². The second-order valence-electron chi connectivity index (χ2n) is 6.26. The predicted molar refractivity (Wildman–Crippen MR) is 102 cm³/mol. The Kier molecular flexibility index (Phi) is 4.19. The molecule has 0 spiro atoms. The molecule has 1 saturated heterocycles. The predicted octanol–water partition coefficient (Wildman–Crippen LogP) is 1.34. The SMILES string of the molecule is COc1ccccc1N1CCN(c2ccc3nc(N)nn3c2C(=O)O)CC1. The van der Waals surface area contributed by atoms with Crippen molar-refractivity contribution in [2.45, 2.75) is 0 Å². The molecule has 1 aliphatic heterocycles. The first-order valence-electron chi connectivity index (χ1n) is 8.60. The van der Waals surface area contributed by atoms with Crippen LogP contribution in [0.4, 0.5) is 17.3 Å². The number of nitrogen functional groups attached to an aromatic ring is 1. The van der Waals surface area contributed by atoms with Gasteiger partial charge in [-0.05, 0) is 24.3 Å². The first kappa shape index (κ1) is 17.0. The number of rotatable bonds is 4. The fourth-order valence-electron chi connectivity index (χ4n) is 3.49. The number of nitrogens with zero attached hydrogens (tertiary/aromatic N) is 5. The highest BCUT2D eigenvalue weighted by Crippen LogP contribution is 2.30. The molecule has 1 fully saturated rings. The lowest BCUT2D eigenvalue weighted by atomic mass is 10.2. The number of carbonyl (C=O) groups is 1. The molecule has 0 saturated carbocycles. The van der Waals surface area contributed by atoms with Crippen LogP contribution in [0.1, 0.15) is 10.5 Å². The molecule has 3 aromatic rings. The Morgan fingerprint density at radius 3 is 2.41 bits per heavy atom. The number of ether oxygens (including phenoxy) is 1. The maximum Gasteiger partial charge on any atom is 0.356 e. The minimum absolute atomic E-state index is 0.0515. The molecule has 3 N–H and O–H groups in total. The van der Waals surface area contributed by atoms with E-state index in [1.54, 1.807) is 19.2 Å². The third-order valence-electron chi connectivity index (χ3n) is 4.74. The molecule has 1 aromatic carbocycles. The Labute approximate surface area is 155 Å². The van der Waals surface area contributed by atoms with Crippen LogP contribution in [0.5, 0.6) is 5.75 Å². The normalized spacial score (nSPS) is 14.6. The van der Waals surface area contributed by atoms with Gasteiger partial charge in [0.1, 0.15) is 5.75 Å². The van der Waals surface area contributed by atoms with E-state index in [9.17, 15) is 9.90 Å². The largest absolute Gasteiger partial charge is 0.495 e. The standard InChI is InChI=1S/C18H20N6O3/c1-27-14-5-3-2-4-12(14)22-8-10-23(11-9-22)13-6-7-15-20-18(19)21-24(15)16(13)17(25)26/h2-7H,8-11H2,1H3,(H2,19,21)(H,25,26). The molecular weight excluding hydrogens is 348 g/mol. The number of para-hydroxylation sites is 2. The van der Waals surface area contributed by atoms with Crippen molar-refractivity contribution >= 4 is 28.9 Å². The molecule has 0 amide bonds. The number of pyridine rings is 1. The smallest absolute Gasteiger partial charge is 0.356 e. The molecule has 27 heavy (non-hydrogen) atoms. The Morgan fingerprint density at radius 2 is 1.74 bits per heavy atom. The summed E-state index contributed by atoms with van der Waals surface area (Å²) in [6.07, 6.45) is 0. The number of carboxylic acids is 1. The highest BCUT2D eigenvalue weighted by molar-refractivity contribution is 5.93. The van der Waals surface area contributed by atoms with Crippen LogP contribution in [0.25, 0.3) is 5.65 Å². The molecule has 0 aliphatic carbocycles. The highest BCUT2D eigenvalue weighted by Gasteiger charge is 2.25. The number of anilines is 3. The molecule has 2 aromatic heterocycles. The van der Waals surface area contributed by atoms with Gasteiger partial charge in [-0.15, -0.1) is 5.10 Å². The lowest BCUT2D eigenvalue weighted by Crippen LogP contribution is -2.47. The van der Waals surface area contributed by atoms with E-state index >= 15 is 0 Å². The molecule has 3 heterocycles. The van der Waals surface area contributed by atoms with Crippen molar-refractivity contribution in [1.82, 2.24) is 14.6 Å². The number of benzene rings is 1. The molecule has 0 radical (unpaired) electrons. The van der Waals surface area contributed by atoms with E-state index in [1.165, 1.54) is 4.52 Å². The summed E-state index contributed by atoms with van der Waals surface area (Å²) in [6, 6.07) is 11.4. The minimum atomic E-state index is -1.06. The first-order chi connectivity index (χ1) is 13.1. The third kappa shape index (κ3) is 2.97. The average molecular weight is 368 g/mol. The number of hydrogen-bond donors (Lipinski definition) is 2. The zero-order chi connectivity index (χ0) is 19.0. The number of piperazine rings is 1. The first-order valence-corrected chi connectivity index (χ1v) is 8.60. The maximum atomic E-state index is 11.9. The van der Waals surface area contributed by atoms with Crippen molar-refractivity contribution in [3.8, 4) is 5.75 Å². The Bertz CT molecular complexity index is 994. The van der Waals surface area contributed by atoms with E-state index in [4.69, 9.17) is 10.5 Å². The number of hydrogen-bond acceptors (Lipinski definition) is 7.